The highest BCUT2D eigenvalue weighted by Crippen LogP contribution is 2.16. The molecule has 0 spiro atoms. The van der Waals surface area contributed by atoms with Gasteiger partial charge < -0.3 is 15.1 Å². The van der Waals surface area contributed by atoms with Crippen LogP contribution in [0.5, 0.6) is 0 Å². The van der Waals surface area contributed by atoms with Gasteiger partial charge in [0.2, 0.25) is 0 Å². The highest BCUT2D eigenvalue weighted by molar-refractivity contribution is 4.83. The Bertz CT molecular complexity index is 232. The molecular formula is C17H37N3. The van der Waals surface area contributed by atoms with Gasteiger partial charge in [0.05, 0.1) is 0 Å². The smallest absolute Gasteiger partial charge is 0.0235 e. The summed E-state index contributed by atoms with van der Waals surface area (Å²) in [6, 6.07) is 1.44. The third-order valence-electron chi connectivity index (χ3n) is 4.69. The molecule has 0 aliphatic carbocycles. The monoisotopic (exact) mass is 283 g/mol. The molecule has 1 saturated heterocycles. The van der Waals surface area contributed by atoms with Crippen LogP contribution in [0, 0.1) is 0 Å². The van der Waals surface area contributed by atoms with Crippen LogP contribution in [-0.4, -0.2) is 62.2 Å². The normalized spacial score (nSPS) is 23.1. The number of nitrogens with zero attached hydrogens (tertiary/aromatic N) is 2. The van der Waals surface area contributed by atoms with Crippen LogP contribution in [0.3, 0.4) is 0 Å². The minimum atomic E-state index is 0.709. The number of hydrogen-bond acceptors (Lipinski definition) is 3. The van der Waals surface area contributed by atoms with Crippen molar-refractivity contribution >= 4 is 0 Å². The molecule has 1 aliphatic heterocycles. The van der Waals surface area contributed by atoms with E-state index in [4.69, 9.17) is 0 Å². The standard InChI is InChI=1S/C17H37N3/c1-5-7-8-9-10-11-16(18-6-2)14-17-15-19(3)12-13-20(17)4/h16-18H,5-15H2,1-4H3. The van der Waals surface area contributed by atoms with Gasteiger partial charge in [-0.1, -0.05) is 46.0 Å². The van der Waals surface area contributed by atoms with Crippen molar-refractivity contribution in [1.82, 2.24) is 15.1 Å². The van der Waals surface area contributed by atoms with Crippen LogP contribution in [-0.2, 0) is 0 Å². The lowest BCUT2D eigenvalue weighted by Gasteiger charge is -2.39. The fraction of sp³-hybridized carbons (Fsp3) is 1.00. The Morgan fingerprint density at radius 2 is 1.80 bits per heavy atom. The molecule has 2 atom stereocenters. The Kier molecular flexibility index (Phi) is 9.49. The molecule has 1 rings (SSSR count). The van der Waals surface area contributed by atoms with Crippen LogP contribution in [0.1, 0.15) is 58.8 Å². The molecule has 3 heteroatoms. The Balaban J connectivity index is 2.29. The number of likely N-dealkylation sites (N-methyl/N-ethyl adjacent to an activating group) is 2. The van der Waals surface area contributed by atoms with Gasteiger partial charge >= 0.3 is 0 Å². The third kappa shape index (κ3) is 7.05. The summed E-state index contributed by atoms with van der Waals surface area (Å²) >= 11 is 0. The summed E-state index contributed by atoms with van der Waals surface area (Å²) < 4.78 is 0. The second kappa shape index (κ2) is 10.6. The lowest BCUT2D eigenvalue weighted by Crippen LogP contribution is -2.52. The van der Waals surface area contributed by atoms with Gasteiger partial charge in [-0.2, -0.15) is 0 Å². The van der Waals surface area contributed by atoms with Crippen LogP contribution in [0.2, 0.25) is 0 Å². The van der Waals surface area contributed by atoms with E-state index in [-0.39, 0.29) is 0 Å². The van der Waals surface area contributed by atoms with Crippen LogP contribution in [0.15, 0.2) is 0 Å². The number of nitrogens with one attached hydrogen (secondary N) is 1. The number of piperazine rings is 1. The van der Waals surface area contributed by atoms with E-state index in [0.29, 0.717) is 6.04 Å². The molecule has 1 heterocycles. The van der Waals surface area contributed by atoms with Crippen molar-refractivity contribution in [1.29, 1.82) is 0 Å². The van der Waals surface area contributed by atoms with E-state index >= 15 is 0 Å². The van der Waals surface area contributed by atoms with Crippen molar-refractivity contribution in [3.63, 3.8) is 0 Å². The highest BCUT2D eigenvalue weighted by Gasteiger charge is 2.24. The second-order valence-electron chi connectivity index (χ2n) is 6.59. The largest absolute Gasteiger partial charge is 0.314 e. The molecular weight excluding hydrogens is 246 g/mol. The zero-order valence-electron chi connectivity index (χ0n) is 14.3. The molecule has 3 nitrogen and oxygen atoms in total. The lowest BCUT2D eigenvalue weighted by atomic mass is 9.98. The summed E-state index contributed by atoms with van der Waals surface area (Å²) in [4.78, 5) is 5.04. The van der Waals surface area contributed by atoms with Crippen LogP contribution in [0.25, 0.3) is 0 Å². The quantitative estimate of drug-likeness (QED) is 0.622. The zero-order valence-corrected chi connectivity index (χ0v) is 14.3. The maximum Gasteiger partial charge on any atom is 0.0235 e. The van der Waals surface area contributed by atoms with Crippen molar-refractivity contribution in [2.75, 3.05) is 40.3 Å². The Morgan fingerprint density at radius 3 is 2.50 bits per heavy atom. The molecule has 2 unspecified atom stereocenters. The Hall–Kier alpha value is -0.120. The molecule has 0 aromatic rings. The van der Waals surface area contributed by atoms with E-state index in [1.807, 2.05) is 0 Å². The first kappa shape index (κ1) is 17.9. The average Bonchev–Trinajstić information content (AvgIpc) is 2.42. The van der Waals surface area contributed by atoms with Gasteiger partial charge in [0.1, 0.15) is 0 Å². The highest BCUT2D eigenvalue weighted by atomic mass is 15.3. The van der Waals surface area contributed by atoms with Gasteiger partial charge in [-0.25, -0.2) is 0 Å². The number of hydrogen-bond donors (Lipinski definition) is 1. The second-order valence-corrected chi connectivity index (χ2v) is 6.59. The van der Waals surface area contributed by atoms with E-state index in [1.54, 1.807) is 0 Å². The van der Waals surface area contributed by atoms with Crippen molar-refractivity contribution in [2.24, 2.45) is 0 Å². The maximum absolute atomic E-state index is 3.71. The molecule has 0 radical (unpaired) electrons. The molecule has 1 N–H and O–H groups in total. The molecule has 20 heavy (non-hydrogen) atoms. The van der Waals surface area contributed by atoms with E-state index in [0.717, 1.165) is 12.6 Å². The van der Waals surface area contributed by atoms with E-state index in [9.17, 15) is 0 Å². The molecule has 1 aliphatic rings. The fourth-order valence-corrected chi connectivity index (χ4v) is 3.27. The van der Waals surface area contributed by atoms with Gasteiger partial charge in [0, 0.05) is 31.7 Å². The summed E-state index contributed by atoms with van der Waals surface area (Å²) in [7, 11) is 4.55. The third-order valence-corrected chi connectivity index (χ3v) is 4.69. The molecule has 1 fully saturated rings. The van der Waals surface area contributed by atoms with Crippen molar-refractivity contribution in [2.45, 2.75) is 70.9 Å². The topological polar surface area (TPSA) is 18.5 Å². The molecule has 0 amide bonds. The summed E-state index contributed by atoms with van der Waals surface area (Å²) in [5.41, 5.74) is 0. The van der Waals surface area contributed by atoms with Crippen LogP contribution < -0.4 is 5.32 Å². The van der Waals surface area contributed by atoms with Gasteiger partial charge in [0.15, 0.2) is 0 Å². The van der Waals surface area contributed by atoms with Gasteiger partial charge in [-0.15, -0.1) is 0 Å². The lowest BCUT2D eigenvalue weighted by molar-refractivity contribution is 0.0999. The maximum atomic E-state index is 3.71. The van der Waals surface area contributed by atoms with Gasteiger partial charge in [-0.05, 0) is 33.5 Å². The summed E-state index contributed by atoms with van der Waals surface area (Å²) in [6.07, 6.45) is 9.63. The molecule has 0 aromatic carbocycles. The minimum Gasteiger partial charge on any atom is -0.314 e. The molecule has 120 valence electrons. The summed E-state index contributed by atoms with van der Waals surface area (Å²) in [5, 5.41) is 3.71. The molecule has 0 bridgehead atoms. The van der Waals surface area contributed by atoms with Gasteiger partial charge in [-0.3, -0.25) is 0 Å². The molecule has 0 saturated carbocycles. The number of rotatable bonds is 10. The van der Waals surface area contributed by atoms with E-state index in [1.165, 1.54) is 64.6 Å². The minimum absolute atomic E-state index is 0.709. The van der Waals surface area contributed by atoms with E-state index in [2.05, 4.69) is 43.1 Å². The Morgan fingerprint density at radius 1 is 1.05 bits per heavy atom. The average molecular weight is 284 g/mol. The first-order valence-electron chi connectivity index (χ1n) is 8.79. The Labute approximate surface area is 127 Å². The first-order valence-corrected chi connectivity index (χ1v) is 8.79. The predicted octanol–water partition coefficient (Wildman–Crippen LogP) is 2.96. The summed E-state index contributed by atoms with van der Waals surface area (Å²) in [5.74, 6) is 0. The van der Waals surface area contributed by atoms with Gasteiger partial charge in [0.25, 0.3) is 0 Å². The van der Waals surface area contributed by atoms with Crippen molar-refractivity contribution in [3.05, 3.63) is 0 Å². The zero-order chi connectivity index (χ0) is 14.8. The fourth-order valence-electron chi connectivity index (χ4n) is 3.27. The van der Waals surface area contributed by atoms with Crippen LogP contribution in [0.4, 0.5) is 0 Å². The van der Waals surface area contributed by atoms with Crippen molar-refractivity contribution in [3.8, 4) is 0 Å². The van der Waals surface area contributed by atoms with Crippen molar-refractivity contribution < 1.29 is 0 Å². The summed E-state index contributed by atoms with van der Waals surface area (Å²) in [6.45, 7) is 9.30. The SMILES string of the molecule is CCCCCCCC(CC1CN(C)CCN1C)NCC. The number of unbranched alkanes of at least 4 members (excludes halogenated alkanes) is 4. The van der Waals surface area contributed by atoms with Crippen LogP contribution >= 0.6 is 0 Å². The molecule has 0 aromatic heterocycles. The first-order chi connectivity index (χ1) is 9.67. The predicted molar refractivity (Wildman–Crippen MR) is 89.4 cm³/mol. The van der Waals surface area contributed by atoms with E-state index < -0.39 is 0 Å².